The molecule has 0 aliphatic carbocycles. The molecule has 0 aliphatic heterocycles. The Morgan fingerprint density at radius 2 is 2.25 bits per heavy atom. The van der Waals surface area contributed by atoms with E-state index in [0.29, 0.717) is 0 Å². The van der Waals surface area contributed by atoms with Gasteiger partial charge in [-0.05, 0) is 46.4 Å². The Labute approximate surface area is 84.6 Å². The zero-order valence-electron chi connectivity index (χ0n) is 6.43. The van der Waals surface area contributed by atoms with Crippen molar-refractivity contribution in [1.82, 2.24) is 0 Å². The molecule has 12 heavy (non-hydrogen) atoms. The summed E-state index contributed by atoms with van der Waals surface area (Å²) in [6.07, 6.45) is 1.59. The van der Waals surface area contributed by atoms with Gasteiger partial charge in [-0.1, -0.05) is 6.08 Å². The van der Waals surface area contributed by atoms with Gasteiger partial charge in [-0.3, -0.25) is 0 Å². The molecule has 2 N–H and O–H groups in total. The topological polar surface area (TPSA) is 26.0 Å². The molecule has 1 unspecified atom stereocenters. The van der Waals surface area contributed by atoms with Crippen LogP contribution in [0.5, 0.6) is 0 Å². The van der Waals surface area contributed by atoms with E-state index in [4.69, 9.17) is 5.73 Å². The van der Waals surface area contributed by atoms with Crippen LogP contribution in [0.15, 0.2) is 30.9 Å². The summed E-state index contributed by atoms with van der Waals surface area (Å²) in [7, 11) is 0. The molecule has 64 valence electrons. The van der Waals surface area contributed by atoms with Gasteiger partial charge in [0.25, 0.3) is 0 Å². The summed E-state index contributed by atoms with van der Waals surface area (Å²) < 4.78 is 13.7. The van der Waals surface area contributed by atoms with Gasteiger partial charge in [-0.2, -0.15) is 0 Å². The molecular weight excluding hydrogens is 268 g/mol. The number of hydrogen-bond acceptors (Lipinski definition) is 1. The van der Waals surface area contributed by atoms with E-state index in [-0.39, 0.29) is 11.9 Å². The molecule has 1 aromatic carbocycles. The van der Waals surface area contributed by atoms with Gasteiger partial charge < -0.3 is 5.73 Å². The van der Waals surface area contributed by atoms with Gasteiger partial charge >= 0.3 is 0 Å². The summed E-state index contributed by atoms with van der Waals surface area (Å²) >= 11 is 2.12. The first-order valence-electron chi connectivity index (χ1n) is 3.48. The average Bonchev–Trinajstić information content (AvgIpc) is 2.08. The number of nitrogens with two attached hydrogens (primary N) is 1. The molecule has 1 rings (SSSR count). The lowest BCUT2D eigenvalue weighted by molar-refractivity contribution is 0.623. The molecule has 0 saturated heterocycles. The summed E-state index contributed by atoms with van der Waals surface area (Å²) in [6.45, 7) is 3.56. The fourth-order valence-corrected chi connectivity index (χ4v) is 1.59. The summed E-state index contributed by atoms with van der Waals surface area (Å²) in [5.74, 6) is -0.261. The molecule has 0 radical (unpaired) electrons. The van der Waals surface area contributed by atoms with Crippen LogP contribution in [-0.4, -0.2) is 0 Å². The molecule has 0 saturated carbocycles. The largest absolute Gasteiger partial charge is 0.321 e. The first kappa shape index (κ1) is 9.67. The Morgan fingerprint density at radius 3 is 2.83 bits per heavy atom. The molecule has 1 nitrogen and oxygen atoms in total. The Balaban J connectivity index is 3.12. The highest BCUT2D eigenvalue weighted by Crippen LogP contribution is 2.19. The summed E-state index contributed by atoms with van der Waals surface area (Å²) in [5.41, 5.74) is 6.46. The van der Waals surface area contributed by atoms with Crippen molar-refractivity contribution in [2.24, 2.45) is 5.73 Å². The van der Waals surface area contributed by atoms with Gasteiger partial charge in [0.1, 0.15) is 5.82 Å². The van der Waals surface area contributed by atoms with Crippen LogP contribution in [-0.2, 0) is 0 Å². The zero-order chi connectivity index (χ0) is 9.14. The SMILES string of the molecule is C=CC(N)c1cc(F)ccc1I. The highest BCUT2D eigenvalue weighted by atomic mass is 127. The number of hydrogen-bond donors (Lipinski definition) is 1. The Hall–Kier alpha value is -0.420. The zero-order valence-corrected chi connectivity index (χ0v) is 8.58. The highest BCUT2D eigenvalue weighted by Gasteiger charge is 2.06. The number of benzene rings is 1. The molecule has 0 aliphatic rings. The van der Waals surface area contributed by atoms with Crippen LogP contribution in [0.3, 0.4) is 0 Å². The van der Waals surface area contributed by atoms with E-state index in [1.54, 1.807) is 12.1 Å². The maximum Gasteiger partial charge on any atom is 0.123 e. The monoisotopic (exact) mass is 277 g/mol. The summed E-state index contributed by atoms with van der Waals surface area (Å²) in [6, 6.07) is 4.27. The van der Waals surface area contributed by atoms with Gasteiger partial charge in [0.05, 0.1) is 0 Å². The second-order valence-electron chi connectivity index (χ2n) is 2.43. The van der Waals surface area contributed by atoms with Crippen LogP contribution in [0.2, 0.25) is 0 Å². The van der Waals surface area contributed by atoms with Crippen molar-refractivity contribution in [3.8, 4) is 0 Å². The van der Waals surface area contributed by atoms with Crippen molar-refractivity contribution in [2.75, 3.05) is 0 Å². The van der Waals surface area contributed by atoms with Gasteiger partial charge in [-0.15, -0.1) is 6.58 Å². The molecule has 0 bridgehead atoms. The number of rotatable bonds is 2. The minimum Gasteiger partial charge on any atom is -0.321 e. The minimum atomic E-state index is -0.285. The summed E-state index contributed by atoms with van der Waals surface area (Å²) in [5, 5.41) is 0. The fraction of sp³-hybridized carbons (Fsp3) is 0.111. The van der Waals surface area contributed by atoms with Crippen molar-refractivity contribution in [3.05, 3.63) is 45.8 Å². The van der Waals surface area contributed by atoms with Crippen molar-refractivity contribution in [3.63, 3.8) is 0 Å². The van der Waals surface area contributed by atoms with Crippen LogP contribution >= 0.6 is 22.6 Å². The van der Waals surface area contributed by atoms with Crippen LogP contribution < -0.4 is 5.73 Å². The van der Waals surface area contributed by atoms with Crippen LogP contribution in [0.25, 0.3) is 0 Å². The maximum absolute atomic E-state index is 12.8. The minimum absolute atomic E-state index is 0.261. The van der Waals surface area contributed by atoms with Crippen molar-refractivity contribution in [2.45, 2.75) is 6.04 Å². The van der Waals surface area contributed by atoms with Crippen molar-refractivity contribution < 1.29 is 4.39 Å². The highest BCUT2D eigenvalue weighted by molar-refractivity contribution is 14.1. The van der Waals surface area contributed by atoms with E-state index in [1.165, 1.54) is 12.1 Å². The number of halogens is 2. The smallest absolute Gasteiger partial charge is 0.123 e. The molecular formula is C9H9FIN. The van der Waals surface area contributed by atoms with E-state index < -0.39 is 0 Å². The van der Waals surface area contributed by atoms with Gasteiger partial charge in [0.2, 0.25) is 0 Å². The standard InChI is InChI=1S/C9H9FIN/c1-2-9(12)7-5-6(10)3-4-8(7)11/h2-5,9H,1,12H2. The van der Waals surface area contributed by atoms with Crippen LogP contribution in [0.1, 0.15) is 11.6 Å². The van der Waals surface area contributed by atoms with E-state index in [0.717, 1.165) is 9.13 Å². The second-order valence-corrected chi connectivity index (χ2v) is 3.59. The molecule has 0 aromatic heterocycles. The maximum atomic E-state index is 12.8. The van der Waals surface area contributed by atoms with E-state index in [1.807, 2.05) is 0 Å². The molecule has 0 heterocycles. The van der Waals surface area contributed by atoms with E-state index in [2.05, 4.69) is 29.2 Å². The van der Waals surface area contributed by atoms with Crippen molar-refractivity contribution in [1.29, 1.82) is 0 Å². The molecule has 0 spiro atoms. The third-order valence-electron chi connectivity index (χ3n) is 1.57. The second kappa shape index (κ2) is 4.00. The average molecular weight is 277 g/mol. The lowest BCUT2D eigenvalue weighted by Gasteiger charge is -2.08. The third kappa shape index (κ3) is 2.04. The predicted octanol–water partition coefficient (Wildman–Crippen LogP) is 2.62. The van der Waals surface area contributed by atoms with Crippen molar-refractivity contribution >= 4 is 22.6 Å². The van der Waals surface area contributed by atoms with E-state index in [9.17, 15) is 4.39 Å². The van der Waals surface area contributed by atoms with Crippen LogP contribution in [0, 0.1) is 9.39 Å². The molecule has 0 fully saturated rings. The normalized spacial score (nSPS) is 12.6. The van der Waals surface area contributed by atoms with Crippen LogP contribution in [0.4, 0.5) is 4.39 Å². The third-order valence-corrected chi connectivity index (χ3v) is 2.55. The van der Waals surface area contributed by atoms with Gasteiger partial charge in [-0.25, -0.2) is 4.39 Å². The predicted molar refractivity (Wildman–Crippen MR) is 56.2 cm³/mol. The molecule has 1 atom stereocenters. The van der Waals surface area contributed by atoms with Gasteiger partial charge in [0.15, 0.2) is 0 Å². The quantitative estimate of drug-likeness (QED) is 0.652. The molecule has 1 aromatic rings. The van der Waals surface area contributed by atoms with Gasteiger partial charge in [0, 0.05) is 9.61 Å². The Bertz CT molecular complexity index is 299. The lowest BCUT2D eigenvalue weighted by atomic mass is 10.1. The first-order valence-corrected chi connectivity index (χ1v) is 4.56. The first-order chi connectivity index (χ1) is 5.65. The molecule has 3 heteroatoms. The molecule has 0 amide bonds. The summed E-state index contributed by atoms with van der Waals surface area (Å²) in [4.78, 5) is 0. The Kier molecular flexibility index (Phi) is 3.22. The van der Waals surface area contributed by atoms with E-state index >= 15 is 0 Å². The Morgan fingerprint density at radius 1 is 1.58 bits per heavy atom. The fourth-order valence-electron chi connectivity index (χ4n) is 0.897. The lowest BCUT2D eigenvalue weighted by Crippen LogP contribution is -2.08.